The predicted molar refractivity (Wildman–Crippen MR) is 52.6 cm³/mol. The third kappa shape index (κ3) is 4.02. The van der Waals surface area contributed by atoms with Gasteiger partial charge in [-0.25, -0.2) is 0 Å². The quantitative estimate of drug-likeness (QED) is 0.461. The highest BCUT2D eigenvalue weighted by molar-refractivity contribution is 5.20. The minimum absolute atomic E-state index is 0.308. The van der Waals surface area contributed by atoms with Crippen LogP contribution < -0.4 is 0 Å². The summed E-state index contributed by atoms with van der Waals surface area (Å²) in [7, 11) is 0. The zero-order valence-corrected chi connectivity index (χ0v) is 8.44. The first-order chi connectivity index (χ1) is 5.10. The van der Waals surface area contributed by atoms with Gasteiger partial charge < -0.3 is 0 Å². The molecule has 0 atom stereocenters. The zero-order chi connectivity index (χ0) is 8.91. The van der Waals surface area contributed by atoms with E-state index in [0.29, 0.717) is 5.41 Å². The van der Waals surface area contributed by atoms with Crippen molar-refractivity contribution in [1.29, 1.82) is 0 Å². The topological polar surface area (TPSA) is 0 Å². The lowest BCUT2D eigenvalue weighted by Crippen LogP contribution is -2.06. The van der Waals surface area contributed by atoms with Crippen LogP contribution >= 0.6 is 0 Å². The van der Waals surface area contributed by atoms with E-state index in [9.17, 15) is 0 Å². The van der Waals surface area contributed by atoms with Gasteiger partial charge in [-0.3, -0.25) is 0 Å². The Morgan fingerprint density at radius 1 is 1.27 bits per heavy atom. The van der Waals surface area contributed by atoms with Crippen molar-refractivity contribution in [3.05, 3.63) is 23.8 Å². The fraction of sp³-hybridized carbons (Fsp3) is 0.636. The fourth-order valence-corrected chi connectivity index (χ4v) is 1.29. The van der Waals surface area contributed by atoms with Gasteiger partial charge in [-0.1, -0.05) is 51.5 Å². The summed E-state index contributed by atoms with van der Waals surface area (Å²) < 4.78 is 0. The van der Waals surface area contributed by atoms with E-state index in [0.717, 1.165) is 6.42 Å². The monoisotopic (exact) mass is 152 g/mol. The van der Waals surface area contributed by atoms with E-state index in [-0.39, 0.29) is 0 Å². The molecule has 0 saturated carbocycles. The third-order valence-electron chi connectivity index (χ3n) is 1.61. The maximum Gasteiger partial charge on any atom is 0.000720 e. The van der Waals surface area contributed by atoms with Gasteiger partial charge >= 0.3 is 0 Å². The highest BCUT2D eigenvalue weighted by atomic mass is 14.2. The van der Waals surface area contributed by atoms with Crippen molar-refractivity contribution in [2.24, 2.45) is 5.41 Å². The summed E-state index contributed by atoms with van der Waals surface area (Å²) in [5.41, 5.74) is 1.80. The van der Waals surface area contributed by atoms with E-state index in [1.54, 1.807) is 0 Å². The van der Waals surface area contributed by atoms with E-state index in [1.807, 2.05) is 13.8 Å². The molecule has 1 rings (SSSR count). The molecule has 1 aliphatic carbocycles. The van der Waals surface area contributed by atoms with Crippen LogP contribution in [0.2, 0.25) is 0 Å². The molecule has 0 saturated heterocycles. The highest BCUT2D eigenvalue weighted by Crippen LogP contribution is 2.26. The Labute approximate surface area is 71.0 Å². The van der Waals surface area contributed by atoms with Crippen LogP contribution in [0.1, 0.15) is 41.0 Å². The van der Waals surface area contributed by atoms with Gasteiger partial charge in [0.2, 0.25) is 0 Å². The highest BCUT2D eigenvalue weighted by Gasteiger charge is 2.12. The van der Waals surface area contributed by atoms with Gasteiger partial charge in [0.25, 0.3) is 0 Å². The van der Waals surface area contributed by atoms with Gasteiger partial charge in [-0.05, 0) is 13.3 Å². The minimum atomic E-state index is 0.308. The molecule has 0 amide bonds. The van der Waals surface area contributed by atoms with Gasteiger partial charge in [0.1, 0.15) is 0 Å². The maximum absolute atomic E-state index is 2.33. The molecule has 0 spiro atoms. The van der Waals surface area contributed by atoms with Crippen LogP contribution in [0.5, 0.6) is 0 Å². The van der Waals surface area contributed by atoms with Gasteiger partial charge in [0.05, 0.1) is 0 Å². The van der Waals surface area contributed by atoms with Crippen LogP contribution in [0.15, 0.2) is 23.8 Å². The second-order valence-electron chi connectivity index (χ2n) is 3.42. The molecule has 0 heterocycles. The summed E-state index contributed by atoms with van der Waals surface area (Å²) in [5, 5.41) is 0. The van der Waals surface area contributed by atoms with Crippen molar-refractivity contribution in [3.8, 4) is 0 Å². The molecule has 64 valence electrons. The standard InChI is InChI=1S/C9H14.C2H6/c1-8-5-4-6-9(2,3)7-8;1-2/h4,6-7H,5H2,1-3H3;1-2H3. The van der Waals surface area contributed by atoms with Crippen molar-refractivity contribution in [2.75, 3.05) is 0 Å². The fourth-order valence-electron chi connectivity index (χ4n) is 1.29. The molecule has 0 nitrogen and oxygen atoms in total. The molecule has 11 heavy (non-hydrogen) atoms. The Kier molecular flexibility index (Phi) is 4.17. The predicted octanol–water partition coefficient (Wildman–Crippen LogP) is 3.95. The van der Waals surface area contributed by atoms with Crippen molar-refractivity contribution in [2.45, 2.75) is 41.0 Å². The maximum atomic E-state index is 2.33. The van der Waals surface area contributed by atoms with Crippen LogP contribution in [0.25, 0.3) is 0 Å². The number of hydrogen-bond acceptors (Lipinski definition) is 0. The van der Waals surface area contributed by atoms with Crippen LogP contribution in [-0.4, -0.2) is 0 Å². The molecule has 0 aliphatic heterocycles. The Morgan fingerprint density at radius 3 is 2.09 bits per heavy atom. The van der Waals surface area contributed by atoms with Crippen LogP contribution in [0, 0.1) is 5.41 Å². The van der Waals surface area contributed by atoms with E-state index in [4.69, 9.17) is 0 Å². The Balaban J connectivity index is 0.000000461. The lowest BCUT2D eigenvalue weighted by Gasteiger charge is -2.19. The first-order valence-electron chi connectivity index (χ1n) is 4.46. The molecule has 0 radical (unpaired) electrons. The van der Waals surface area contributed by atoms with E-state index < -0.39 is 0 Å². The third-order valence-corrected chi connectivity index (χ3v) is 1.61. The molecule has 0 bridgehead atoms. The summed E-state index contributed by atoms with van der Waals surface area (Å²) in [6.45, 7) is 10.6. The van der Waals surface area contributed by atoms with Crippen molar-refractivity contribution >= 4 is 0 Å². The normalized spacial score (nSPS) is 19.9. The molecule has 0 aromatic heterocycles. The van der Waals surface area contributed by atoms with Crippen molar-refractivity contribution < 1.29 is 0 Å². The Hall–Kier alpha value is -0.520. The molecule has 0 heteroatoms. The van der Waals surface area contributed by atoms with Crippen LogP contribution in [-0.2, 0) is 0 Å². The molecule has 0 aromatic rings. The summed E-state index contributed by atoms with van der Waals surface area (Å²) >= 11 is 0. The summed E-state index contributed by atoms with van der Waals surface area (Å²) in [5.74, 6) is 0. The summed E-state index contributed by atoms with van der Waals surface area (Å²) in [4.78, 5) is 0. The first-order valence-corrected chi connectivity index (χ1v) is 4.46. The Bertz CT molecular complexity index is 159. The lowest BCUT2D eigenvalue weighted by molar-refractivity contribution is 0.607. The molecular weight excluding hydrogens is 132 g/mol. The number of rotatable bonds is 0. The van der Waals surface area contributed by atoms with Crippen LogP contribution in [0.4, 0.5) is 0 Å². The van der Waals surface area contributed by atoms with E-state index >= 15 is 0 Å². The van der Waals surface area contributed by atoms with E-state index in [2.05, 4.69) is 39.0 Å². The number of hydrogen-bond donors (Lipinski definition) is 0. The van der Waals surface area contributed by atoms with Gasteiger partial charge in [-0.2, -0.15) is 0 Å². The second kappa shape index (κ2) is 4.38. The zero-order valence-electron chi connectivity index (χ0n) is 8.44. The van der Waals surface area contributed by atoms with E-state index in [1.165, 1.54) is 5.57 Å². The largest absolute Gasteiger partial charge is 0.0836 e. The Morgan fingerprint density at radius 2 is 1.82 bits per heavy atom. The lowest BCUT2D eigenvalue weighted by atomic mass is 9.86. The van der Waals surface area contributed by atoms with Gasteiger partial charge in [0, 0.05) is 5.41 Å². The van der Waals surface area contributed by atoms with Gasteiger partial charge in [-0.15, -0.1) is 0 Å². The SMILES string of the molecule is CC.CC1=CC(C)(C)C=CC1. The molecule has 0 aromatic carbocycles. The van der Waals surface area contributed by atoms with Gasteiger partial charge in [0.15, 0.2) is 0 Å². The molecular formula is C11H20. The molecule has 0 N–H and O–H groups in total. The molecule has 0 unspecified atom stereocenters. The molecule has 1 aliphatic rings. The van der Waals surface area contributed by atoms with Crippen molar-refractivity contribution in [1.82, 2.24) is 0 Å². The second-order valence-corrected chi connectivity index (χ2v) is 3.42. The smallest absolute Gasteiger partial charge is 0.000720 e. The average molecular weight is 152 g/mol. The molecule has 0 fully saturated rings. The summed E-state index contributed by atoms with van der Waals surface area (Å²) in [6, 6.07) is 0. The van der Waals surface area contributed by atoms with Crippen LogP contribution in [0.3, 0.4) is 0 Å². The number of allylic oxidation sites excluding steroid dienone is 4. The summed E-state index contributed by atoms with van der Waals surface area (Å²) in [6.07, 6.45) is 7.98. The first kappa shape index (κ1) is 10.5. The van der Waals surface area contributed by atoms with Crippen molar-refractivity contribution in [3.63, 3.8) is 0 Å². The average Bonchev–Trinajstić information content (AvgIpc) is 1.89. The minimum Gasteiger partial charge on any atom is -0.0836 e.